The third-order valence-electron chi connectivity index (χ3n) is 5.91. The first-order valence-electron chi connectivity index (χ1n) is 11.0. The number of hydrogen-bond acceptors (Lipinski definition) is 5. The molecule has 2 aliphatic rings. The molecule has 2 amide bonds. The number of ether oxygens (including phenoxy) is 2. The highest BCUT2D eigenvalue weighted by Crippen LogP contribution is 2.33. The van der Waals surface area contributed by atoms with Crippen LogP contribution in [0.4, 0.5) is 4.79 Å². The Morgan fingerprint density at radius 1 is 1.00 bits per heavy atom. The first kappa shape index (κ1) is 21.5. The minimum atomic E-state index is -0.866. The summed E-state index contributed by atoms with van der Waals surface area (Å²) < 4.78 is 11.2. The van der Waals surface area contributed by atoms with Crippen molar-refractivity contribution >= 4 is 6.03 Å². The lowest BCUT2D eigenvalue weighted by Gasteiger charge is -2.30. The molecule has 4 rings (SSSR count). The summed E-state index contributed by atoms with van der Waals surface area (Å²) in [7, 11) is 0. The van der Waals surface area contributed by atoms with Crippen molar-refractivity contribution in [3.05, 3.63) is 59.7 Å². The minimum absolute atomic E-state index is 0.139. The summed E-state index contributed by atoms with van der Waals surface area (Å²) in [5.41, 5.74) is 1.73. The molecule has 2 aromatic rings. The molecule has 0 spiro atoms. The quantitative estimate of drug-likeness (QED) is 0.635. The lowest BCUT2D eigenvalue weighted by atomic mass is 10.0. The first-order chi connectivity index (χ1) is 15.1. The van der Waals surface area contributed by atoms with Gasteiger partial charge in [0.05, 0.1) is 12.1 Å². The average molecular weight is 426 g/mol. The molecule has 3 unspecified atom stereocenters. The zero-order chi connectivity index (χ0) is 21.6. The Bertz CT molecular complexity index is 870. The monoisotopic (exact) mass is 425 g/mol. The molecule has 166 valence electrons. The number of carbonyl (C=O) groups is 1. The fourth-order valence-corrected chi connectivity index (χ4v) is 4.18. The SMILES string of the molecule is CC(NC(=O)NC(CN1CCCC1)C(O)c1ccc2c(c1)OCCO2)c1ccccc1. The standard InChI is InChI=1S/C24H31N3O4/c1-17(18-7-3-2-4-8-18)25-24(29)26-20(16-27-11-5-6-12-27)23(28)19-9-10-21-22(15-19)31-14-13-30-21/h2-4,7-10,15,17,20,23,28H,5-6,11-14,16H2,1H3,(H2,25,26,29). The molecular formula is C24H31N3O4. The Morgan fingerprint density at radius 2 is 1.71 bits per heavy atom. The number of rotatable bonds is 7. The molecule has 0 radical (unpaired) electrons. The lowest BCUT2D eigenvalue weighted by Crippen LogP contribution is -2.50. The molecule has 0 bridgehead atoms. The van der Waals surface area contributed by atoms with Gasteiger partial charge in [0.1, 0.15) is 19.3 Å². The lowest BCUT2D eigenvalue weighted by molar-refractivity contribution is 0.108. The number of amides is 2. The summed E-state index contributed by atoms with van der Waals surface area (Å²) in [6, 6.07) is 14.4. The summed E-state index contributed by atoms with van der Waals surface area (Å²) in [6.45, 7) is 5.50. The molecule has 3 atom stereocenters. The highest BCUT2D eigenvalue weighted by molar-refractivity contribution is 5.75. The Morgan fingerprint density at radius 3 is 2.45 bits per heavy atom. The second-order valence-electron chi connectivity index (χ2n) is 8.21. The van der Waals surface area contributed by atoms with Crippen LogP contribution in [0.15, 0.2) is 48.5 Å². The van der Waals surface area contributed by atoms with E-state index in [1.165, 1.54) is 0 Å². The zero-order valence-electron chi connectivity index (χ0n) is 17.9. The number of nitrogens with one attached hydrogen (secondary N) is 2. The Hall–Kier alpha value is -2.77. The molecule has 2 heterocycles. The summed E-state index contributed by atoms with van der Waals surface area (Å²) in [5, 5.41) is 17.2. The first-order valence-corrected chi connectivity index (χ1v) is 11.0. The molecule has 2 aromatic carbocycles. The van der Waals surface area contributed by atoms with Crippen LogP contribution in [0.5, 0.6) is 11.5 Å². The van der Waals surface area contributed by atoms with Gasteiger partial charge < -0.3 is 30.1 Å². The smallest absolute Gasteiger partial charge is 0.315 e. The molecule has 7 heteroatoms. The van der Waals surface area contributed by atoms with Crippen molar-refractivity contribution < 1.29 is 19.4 Å². The maximum absolute atomic E-state index is 12.8. The van der Waals surface area contributed by atoms with Crippen LogP contribution in [0.3, 0.4) is 0 Å². The minimum Gasteiger partial charge on any atom is -0.486 e. The van der Waals surface area contributed by atoms with E-state index >= 15 is 0 Å². The van der Waals surface area contributed by atoms with Gasteiger partial charge in [0.25, 0.3) is 0 Å². The molecule has 2 aliphatic heterocycles. The second-order valence-corrected chi connectivity index (χ2v) is 8.21. The molecule has 7 nitrogen and oxygen atoms in total. The number of fused-ring (bicyclic) bond motifs is 1. The van der Waals surface area contributed by atoms with Crippen LogP contribution < -0.4 is 20.1 Å². The van der Waals surface area contributed by atoms with E-state index in [-0.39, 0.29) is 12.1 Å². The number of aliphatic hydroxyl groups excluding tert-OH is 1. The Balaban J connectivity index is 1.46. The third-order valence-corrected chi connectivity index (χ3v) is 5.91. The predicted octanol–water partition coefficient (Wildman–Crippen LogP) is 3.02. The average Bonchev–Trinajstić information content (AvgIpc) is 3.31. The molecule has 0 aliphatic carbocycles. The van der Waals surface area contributed by atoms with Crippen molar-refractivity contribution in [1.82, 2.24) is 15.5 Å². The summed E-state index contributed by atoms with van der Waals surface area (Å²) >= 11 is 0. The fourth-order valence-electron chi connectivity index (χ4n) is 4.18. The van der Waals surface area contributed by atoms with Gasteiger partial charge in [0.15, 0.2) is 11.5 Å². The van der Waals surface area contributed by atoms with Crippen molar-refractivity contribution in [2.75, 3.05) is 32.8 Å². The van der Waals surface area contributed by atoms with Gasteiger partial charge in [-0.2, -0.15) is 0 Å². The number of likely N-dealkylation sites (tertiary alicyclic amines) is 1. The van der Waals surface area contributed by atoms with E-state index in [1.54, 1.807) is 0 Å². The fraction of sp³-hybridized carbons (Fsp3) is 0.458. The summed E-state index contributed by atoms with van der Waals surface area (Å²) in [4.78, 5) is 15.1. The van der Waals surface area contributed by atoms with Crippen LogP contribution in [-0.2, 0) is 0 Å². The van der Waals surface area contributed by atoms with Crippen LogP contribution in [0.2, 0.25) is 0 Å². The summed E-state index contributed by atoms with van der Waals surface area (Å²) in [5.74, 6) is 1.31. The number of aliphatic hydroxyl groups is 1. The highest BCUT2D eigenvalue weighted by Gasteiger charge is 2.28. The molecule has 0 saturated carbocycles. The van der Waals surface area contributed by atoms with Crippen molar-refractivity contribution in [1.29, 1.82) is 0 Å². The third kappa shape index (κ3) is 5.48. The van der Waals surface area contributed by atoms with Crippen LogP contribution in [0.1, 0.15) is 43.0 Å². The van der Waals surface area contributed by atoms with Gasteiger partial charge in [-0.1, -0.05) is 36.4 Å². The van der Waals surface area contributed by atoms with Gasteiger partial charge in [-0.05, 0) is 56.1 Å². The highest BCUT2D eigenvalue weighted by atomic mass is 16.6. The van der Waals surface area contributed by atoms with E-state index in [2.05, 4.69) is 15.5 Å². The number of benzene rings is 2. The zero-order valence-corrected chi connectivity index (χ0v) is 17.9. The number of hydrogen-bond donors (Lipinski definition) is 3. The van der Waals surface area contributed by atoms with Gasteiger partial charge in [0.2, 0.25) is 0 Å². The molecule has 31 heavy (non-hydrogen) atoms. The largest absolute Gasteiger partial charge is 0.486 e. The van der Waals surface area contributed by atoms with Gasteiger partial charge in [-0.25, -0.2) is 4.79 Å². The van der Waals surface area contributed by atoms with Crippen molar-refractivity contribution in [3.8, 4) is 11.5 Å². The van der Waals surface area contributed by atoms with Crippen molar-refractivity contribution in [3.63, 3.8) is 0 Å². The number of carbonyl (C=O) groups excluding carboxylic acids is 1. The van der Waals surface area contributed by atoms with Gasteiger partial charge in [0, 0.05) is 6.54 Å². The van der Waals surface area contributed by atoms with Gasteiger partial charge in [-0.15, -0.1) is 0 Å². The maximum atomic E-state index is 12.8. The van der Waals surface area contributed by atoms with E-state index in [0.29, 0.717) is 36.8 Å². The van der Waals surface area contributed by atoms with E-state index in [4.69, 9.17) is 9.47 Å². The predicted molar refractivity (Wildman–Crippen MR) is 118 cm³/mol. The Kier molecular flexibility index (Phi) is 6.94. The molecule has 1 fully saturated rings. The van der Waals surface area contributed by atoms with Crippen LogP contribution in [0.25, 0.3) is 0 Å². The van der Waals surface area contributed by atoms with Crippen LogP contribution in [-0.4, -0.2) is 54.9 Å². The summed E-state index contributed by atoms with van der Waals surface area (Å²) in [6.07, 6.45) is 1.42. The topological polar surface area (TPSA) is 83.1 Å². The van der Waals surface area contributed by atoms with Gasteiger partial charge in [-0.3, -0.25) is 0 Å². The van der Waals surface area contributed by atoms with Crippen LogP contribution >= 0.6 is 0 Å². The maximum Gasteiger partial charge on any atom is 0.315 e. The van der Waals surface area contributed by atoms with E-state index in [0.717, 1.165) is 31.5 Å². The van der Waals surface area contributed by atoms with E-state index in [1.807, 2.05) is 55.5 Å². The van der Waals surface area contributed by atoms with Gasteiger partial charge >= 0.3 is 6.03 Å². The molecule has 0 aromatic heterocycles. The molecule has 3 N–H and O–H groups in total. The van der Waals surface area contributed by atoms with Crippen LogP contribution in [0, 0.1) is 0 Å². The van der Waals surface area contributed by atoms with E-state index < -0.39 is 12.1 Å². The second kappa shape index (κ2) is 10.0. The Labute approximate surface area is 183 Å². The number of nitrogens with zero attached hydrogens (tertiary/aromatic N) is 1. The van der Waals surface area contributed by atoms with Crippen molar-refractivity contribution in [2.45, 2.75) is 38.0 Å². The molecule has 1 saturated heterocycles. The number of urea groups is 1. The van der Waals surface area contributed by atoms with E-state index in [9.17, 15) is 9.90 Å². The van der Waals surface area contributed by atoms with Crippen molar-refractivity contribution in [2.24, 2.45) is 0 Å². The molecular weight excluding hydrogens is 394 g/mol. The normalized spacial score (nSPS) is 18.8.